The second kappa shape index (κ2) is 4.42. The fourth-order valence-corrected chi connectivity index (χ4v) is 2.01. The lowest BCUT2D eigenvalue weighted by molar-refractivity contribution is 0.385. The lowest BCUT2D eigenvalue weighted by atomic mass is 10.2. The molecular weight excluding hydrogens is 180 g/mol. The molecule has 1 N–H and O–H groups in total. The van der Waals surface area contributed by atoms with Crippen molar-refractivity contribution < 1.29 is 0 Å². The van der Waals surface area contributed by atoms with Gasteiger partial charge in [-0.2, -0.15) is 0 Å². The fraction of sp³-hybridized carbons (Fsp3) is 0.500. The summed E-state index contributed by atoms with van der Waals surface area (Å²) in [5.74, 6) is 0.629. The van der Waals surface area contributed by atoms with Gasteiger partial charge in [-0.05, 0) is 25.3 Å². The minimum absolute atomic E-state index is 0.413. The molecule has 1 atom stereocenters. The zero-order valence-corrected chi connectivity index (χ0v) is 9.19. The highest BCUT2D eigenvalue weighted by molar-refractivity contribution is 7.09. The summed E-state index contributed by atoms with van der Waals surface area (Å²) < 4.78 is 0. The van der Waals surface area contributed by atoms with Crippen LogP contribution in [0.15, 0.2) is 17.5 Å². The number of hydrogen-bond acceptors (Lipinski definition) is 2. The van der Waals surface area contributed by atoms with Crippen LogP contribution in [0.25, 0.3) is 0 Å². The normalized spacial score (nSPS) is 12.5. The molecule has 1 aromatic heterocycles. The SMILES string of the molecule is CC(=N)N(C)C(C)Cc1cccs1. The van der Waals surface area contributed by atoms with E-state index >= 15 is 0 Å². The zero-order chi connectivity index (χ0) is 9.84. The van der Waals surface area contributed by atoms with E-state index in [-0.39, 0.29) is 0 Å². The third-order valence-corrected chi connectivity index (χ3v) is 3.17. The van der Waals surface area contributed by atoms with Crippen LogP contribution >= 0.6 is 11.3 Å². The Morgan fingerprint density at radius 3 is 2.85 bits per heavy atom. The Morgan fingerprint density at radius 2 is 2.38 bits per heavy atom. The van der Waals surface area contributed by atoms with Gasteiger partial charge in [-0.1, -0.05) is 6.07 Å². The molecule has 13 heavy (non-hydrogen) atoms. The van der Waals surface area contributed by atoms with E-state index < -0.39 is 0 Å². The minimum Gasteiger partial charge on any atom is -0.361 e. The van der Waals surface area contributed by atoms with Crippen LogP contribution in [-0.2, 0) is 6.42 Å². The summed E-state index contributed by atoms with van der Waals surface area (Å²) in [6.45, 7) is 3.97. The van der Waals surface area contributed by atoms with Crippen LogP contribution in [-0.4, -0.2) is 23.8 Å². The molecular formula is C10H16N2S. The van der Waals surface area contributed by atoms with Crippen LogP contribution in [0, 0.1) is 5.41 Å². The molecule has 0 aliphatic rings. The Hall–Kier alpha value is -0.830. The number of amidine groups is 1. The van der Waals surface area contributed by atoms with Gasteiger partial charge in [-0.3, -0.25) is 5.41 Å². The molecule has 72 valence electrons. The van der Waals surface area contributed by atoms with Crippen molar-refractivity contribution >= 4 is 17.2 Å². The van der Waals surface area contributed by atoms with E-state index in [1.54, 1.807) is 11.3 Å². The quantitative estimate of drug-likeness (QED) is 0.584. The van der Waals surface area contributed by atoms with Crippen LogP contribution in [0.1, 0.15) is 18.7 Å². The average molecular weight is 196 g/mol. The van der Waals surface area contributed by atoms with Crippen LogP contribution in [0.5, 0.6) is 0 Å². The summed E-state index contributed by atoms with van der Waals surface area (Å²) >= 11 is 1.78. The highest BCUT2D eigenvalue weighted by Crippen LogP contribution is 2.13. The van der Waals surface area contributed by atoms with Crippen molar-refractivity contribution in [2.45, 2.75) is 26.3 Å². The maximum Gasteiger partial charge on any atom is 0.0925 e. The van der Waals surface area contributed by atoms with Crippen LogP contribution in [0.3, 0.4) is 0 Å². The largest absolute Gasteiger partial charge is 0.361 e. The molecule has 0 fully saturated rings. The van der Waals surface area contributed by atoms with Gasteiger partial charge in [-0.15, -0.1) is 11.3 Å². The highest BCUT2D eigenvalue weighted by Gasteiger charge is 2.10. The Balaban J connectivity index is 2.50. The number of likely N-dealkylation sites (N-methyl/N-ethyl adjacent to an activating group) is 1. The molecule has 1 unspecified atom stereocenters. The monoisotopic (exact) mass is 196 g/mol. The van der Waals surface area contributed by atoms with E-state index in [0.717, 1.165) is 6.42 Å². The van der Waals surface area contributed by atoms with E-state index in [4.69, 9.17) is 5.41 Å². The molecule has 0 aliphatic carbocycles. The number of hydrogen-bond donors (Lipinski definition) is 1. The molecule has 1 heterocycles. The van der Waals surface area contributed by atoms with Gasteiger partial charge in [0.15, 0.2) is 0 Å². The van der Waals surface area contributed by atoms with Gasteiger partial charge in [0, 0.05) is 24.4 Å². The second-order valence-corrected chi connectivity index (χ2v) is 4.36. The Kier molecular flexibility index (Phi) is 3.48. The van der Waals surface area contributed by atoms with Gasteiger partial charge < -0.3 is 4.90 Å². The van der Waals surface area contributed by atoms with Crippen molar-refractivity contribution in [3.63, 3.8) is 0 Å². The molecule has 0 aromatic carbocycles. The first-order valence-electron chi connectivity index (χ1n) is 4.41. The van der Waals surface area contributed by atoms with Crippen molar-refractivity contribution in [1.29, 1.82) is 5.41 Å². The molecule has 0 bridgehead atoms. The summed E-state index contributed by atoms with van der Waals surface area (Å²) in [5, 5.41) is 9.59. The van der Waals surface area contributed by atoms with Gasteiger partial charge in [0.2, 0.25) is 0 Å². The van der Waals surface area contributed by atoms with Gasteiger partial charge >= 0.3 is 0 Å². The number of nitrogens with zero attached hydrogens (tertiary/aromatic N) is 1. The summed E-state index contributed by atoms with van der Waals surface area (Å²) in [5.41, 5.74) is 0. The van der Waals surface area contributed by atoms with E-state index in [1.165, 1.54) is 4.88 Å². The third kappa shape index (κ3) is 2.84. The molecule has 0 spiro atoms. The summed E-state index contributed by atoms with van der Waals surface area (Å²) in [6.07, 6.45) is 1.03. The minimum atomic E-state index is 0.413. The molecule has 1 aromatic rings. The molecule has 0 radical (unpaired) electrons. The van der Waals surface area contributed by atoms with E-state index in [9.17, 15) is 0 Å². The Labute approximate surface area is 83.7 Å². The Bertz CT molecular complexity index is 266. The molecule has 2 nitrogen and oxygen atoms in total. The molecule has 1 rings (SSSR count). The van der Waals surface area contributed by atoms with Crippen molar-refractivity contribution in [3.05, 3.63) is 22.4 Å². The first-order chi connectivity index (χ1) is 6.11. The molecule has 0 aliphatic heterocycles. The molecule has 0 saturated carbocycles. The van der Waals surface area contributed by atoms with Gasteiger partial charge in [0.1, 0.15) is 0 Å². The van der Waals surface area contributed by atoms with Crippen LogP contribution in [0.4, 0.5) is 0 Å². The number of nitrogens with one attached hydrogen (secondary N) is 1. The first-order valence-corrected chi connectivity index (χ1v) is 5.29. The number of rotatable bonds is 3. The molecule has 0 amide bonds. The summed E-state index contributed by atoms with van der Waals surface area (Å²) in [7, 11) is 1.97. The fourth-order valence-electron chi connectivity index (χ4n) is 1.19. The lowest BCUT2D eigenvalue weighted by Crippen LogP contribution is -2.34. The predicted molar refractivity (Wildman–Crippen MR) is 58.6 cm³/mol. The van der Waals surface area contributed by atoms with E-state index in [1.807, 2.05) is 18.9 Å². The zero-order valence-electron chi connectivity index (χ0n) is 8.37. The van der Waals surface area contributed by atoms with E-state index in [0.29, 0.717) is 11.9 Å². The maximum absolute atomic E-state index is 7.49. The van der Waals surface area contributed by atoms with Crippen molar-refractivity contribution in [1.82, 2.24) is 4.90 Å². The average Bonchev–Trinajstić information content (AvgIpc) is 2.55. The maximum atomic E-state index is 7.49. The summed E-state index contributed by atoms with van der Waals surface area (Å²) in [6, 6.07) is 4.63. The van der Waals surface area contributed by atoms with Gasteiger partial charge in [0.25, 0.3) is 0 Å². The molecule has 3 heteroatoms. The van der Waals surface area contributed by atoms with Crippen LogP contribution < -0.4 is 0 Å². The first kappa shape index (κ1) is 10.3. The van der Waals surface area contributed by atoms with Crippen molar-refractivity contribution in [2.75, 3.05) is 7.05 Å². The summed E-state index contributed by atoms with van der Waals surface area (Å²) in [4.78, 5) is 3.39. The second-order valence-electron chi connectivity index (χ2n) is 3.33. The van der Waals surface area contributed by atoms with Crippen molar-refractivity contribution in [2.24, 2.45) is 0 Å². The van der Waals surface area contributed by atoms with Gasteiger partial charge in [-0.25, -0.2) is 0 Å². The molecule has 0 saturated heterocycles. The van der Waals surface area contributed by atoms with Gasteiger partial charge in [0.05, 0.1) is 5.84 Å². The standard InChI is InChI=1S/C10H16N2S/c1-8(12(3)9(2)11)7-10-5-4-6-13-10/h4-6,8,11H,7H2,1-3H3. The van der Waals surface area contributed by atoms with E-state index in [2.05, 4.69) is 24.4 Å². The smallest absolute Gasteiger partial charge is 0.0925 e. The van der Waals surface area contributed by atoms with Crippen LogP contribution in [0.2, 0.25) is 0 Å². The predicted octanol–water partition coefficient (Wildman–Crippen LogP) is 2.61. The number of thiophene rings is 1. The van der Waals surface area contributed by atoms with Crippen molar-refractivity contribution in [3.8, 4) is 0 Å². The third-order valence-electron chi connectivity index (χ3n) is 2.27. The highest BCUT2D eigenvalue weighted by atomic mass is 32.1. The topological polar surface area (TPSA) is 27.1 Å². The lowest BCUT2D eigenvalue weighted by Gasteiger charge is -2.25. The Morgan fingerprint density at radius 1 is 1.69 bits per heavy atom.